The van der Waals surface area contributed by atoms with Gasteiger partial charge in [0.05, 0.1) is 102 Å². The van der Waals surface area contributed by atoms with Gasteiger partial charge in [-0.3, -0.25) is 0 Å². The van der Waals surface area contributed by atoms with E-state index in [2.05, 4.69) is 0 Å². The van der Waals surface area contributed by atoms with Crippen molar-refractivity contribution in [1.82, 2.24) is 0 Å². The van der Waals surface area contributed by atoms with Crippen LogP contribution in [0, 0.1) is 23.7 Å². The highest BCUT2D eigenvalue weighted by atomic mass is 16.8. The zero-order chi connectivity index (χ0) is 78.1. The fraction of sp³-hybridized carbons (Fsp3) is 0.984. The largest absolute Gasteiger partial charge is 0.477 e. The second-order valence-electron chi connectivity index (χ2n) is 28.6. The minimum Gasteiger partial charge on any atom is -0.477 e. The molecule has 0 aromatic carbocycles. The average molecular weight is 1550 g/mol. The lowest BCUT2D eigenvalue weighted by atomic mass is 9.88. The molecule has 9 saturated heterocycles. The van der Waals surface area contributed by atoms with E-state index < -0.39 is 353 Å². The number of aliphatic hydroxyl groups is 24. The van der Waals surface area contributed by atoms with Crippen molar-refractivity contribution < 1.29 is 213 Å². The minimum absolute atomic E-state index is 0.526. The molecule has 0 radical (unpaired) electrons. The SMILES string of the molecule is CC1C(O)[C@H](O[C@@H]2OC(CO[C@]3(C(=O)O)C[C@@H](O)[C@@H](N)C(C(O)C(O)CO)O3)[C@H](O)C(O)C2O)[C@H](CO)O[C@H]1O[C@@H]1C(O)[C@H](O)C(CO)O[C@@H]1OCC1O[C@@H](O[C@@H]2C(CO)O[C@@H](O[C@@H]3C(CO)O[C@@H](C)[C@@H](C)C3O)[C@@H](C)C2O)[C@H](O)C(O[C@H]2O[C@H](CO)[C@@H](O)C(O)C2O[C@@H]2OC(CO)[C@@H](O)C(O)[C@@H]2C)[C@@H]1O. The smallest absolute Gasteiger partial charge is 0.364 e. The predicted molar refractivity (Wildman–Crippen MR) is 332 cm³/mol. The van der Waals surface area contributed by atoms with Crippen LogP contribution in [0.3, 0.4) is 0 Å². The maximum Gasteiger partial charge on any atom is 0.364 e. The Morgan fingerprint density at radius 1 is 0.387 bits per heavy atom. The third-order valence-corrected chi connectivity index (χ3v) is 21.5. The zero-order valence-electron chi connectivity index (χ0n) is 58.2. The number of aliphatic hydroxyl groups excluding tert-OH is 24. The van der Waals surface area contributed by atoms with Crippen LogP contribution < -0.4 is 5.73 Å². The first kappa shape index (κ1) is 87.8. The molecule has 618 valence electrons. The van der Waals surface area contributed by atoms with Gasteiger partial charge >= 0.3 is 5.97 Å². The molecule has 9 aliphatic rings. The highest BCUT2D eigenvalue weighted by Crippen LogP contribution is 2.42. The number of rotatable bonds is 28. The Hall–Kier alpha value is -2.21. The number of ether oxygens (including phenoxy) is 17. The fourth-order valence-electron chi connectivity index (χ4n) is 14.4. The van der Waals surface area contributed by atoms with Crippen LogP contribution in [0.1, 0.15) is 41.0 Å². The standard InChI is InChI=1S/C62H107NO43/c1-16-20(5)92-26(11-68)47(33(16)74)100-55-18(3)34(75)49(28(13-70)96-55)102-58-46(87)51(103-60-53(44(85)39(80)25(10-67)95-60)105-54-17(2)32(73)37(78)23(8-65)93-54)41(82)29(98-58)14-90-59-52(43(84)38(79)24(9-66)94-59)104-56-19(4)35(76)48(27(12-69)97-56)101-57-45(86)42(83)40(81)30(99-57)15-91-62(61(88)89)6-21(71)31(63)50(106-62)36(77)22(72)7-64/h16-60,64-87H,6-15,63H2,1-5H3,(H,88,89)/t16-,17+,18+,19?,20+,21-,22?,23?,24?,25-,26?,27+,28?,29?,30?,31-,32?,33?,34?,35?,36?,37-,38-,39-,40+,41-,42?,43?,44?,45?,46-,47-,48-,49-,50?,51?,52-,53?,54+,55+,56+,57+,58+,59+,60-,62-/m1/s1. The van der Waals surface area contributed by atoms with Gasteiger partial charge in [0.1, 0.15) is 165 Å². The number of carboxylic acid groups (broad SMARTS) is 1. The number of hydrogen-bond donors (Lipinski definition) is 26. The first-order chi connectivity index (χ1) is 50.1. The molecular weight excluding hydrogens is 1450 g/mol. The van der Waals surface area contributed by atoms with E-state index >= 15 is 0 Å². The second-order valence-corrected chi connectivity index (χ2v) is 28.6. The van der Waals surface area contributed by atoms with Crippen molar-refractivity contribution in [3.05, 3.63) is 0 Å². The fourth-order valence-corrected chi connectivity index (χ4v) is 14.4. The number of hydrogen-bond acceptors (Lipinski definition) is 43. The van der Waals surface area contributed by atoms with Gasteiger partial charge in [-0.15, -0.1) is 0 Å². The predicted octanol–water partition coefficient (Wildman–Crippen LogP) is -15.3. The Bertz CT molecular complexity index is 2690. The summed E-state index contributed by atoms with van der Waals surface area (Å²) < 4.78 is 101. The summed E-state index contributed by atoms with van der Waals surface area (Å²) in [6, 6.07) is -1.55. The summed E-state index contributed by atoms with van der Waals surface area (Å²) in [5.74, 6) is -9.10. The normalized spacial score (nSPS) is 51.9. The van der Waals surface area contributed by atoms with Gasteiger partial charge in [-0.05, 0) is 6.92 Å². The summed E-state index contributed by atoms with van der Waals surface area (Å²) in [7, 11) is 0. The molecule has 9 fully saturated rings. The van der Waals surface area contributed by atoms with E-state index in [0.717, 1.165) is 0 Å². The number of carbonyl (C=O) groups is 1. The Kier molecular flexibility index (Phi) is 30.9. The van der Waals surface area contributed by atoms with E-state index in [1.165, 1.54) is 20.8 Å². The van der Waals surface area contributed by atoms with E-state index in [4.69, 9.17) is 86.3 Å². The van der Waals surface area contributed by atoms with E-state index in [-0.39, 0.29) is 0 Å². The lowest BCUT2D eigenvalue weighted by Gasteiger charge is -2.50. The summed E-state index contributed by atoms with van der Waals surface area (Å²) in [4.78, 5) is 12.7. The van der Waals surface area contributed by atoms with Crippen LogP contribution in [0.15, 0.2) is 0 Å². The lowest BCUT2D eigenvalue weighted by molar-refractivity contribution is -0.399. The molecule has 0 aromatic heterocycles. The van der Waals surface area contributed by atoms with Gasteiger partial charge in [0.2, 0.25) is 0 Å². The second kappa shape index (κ2) is 37.4. The van der Waals surface area contributed by atoms with Gasteiger partial charge in [-0.25, -0.2) is 4.79 Å². The molecule has 44 nitrogen and oxygen atoms in total. The highest BCUT2D eigenvalue weighted by molar-refractivity contribution is 5.76. The van der Waals surface area contributed by atoms with Crippen molar-refractivity contribution in [2.75, 3.05) is 59.5 Å². The molecule has 27 N–H and O–H groups in total. The molecule has 9 heterocycles. The number of carboxylic acids is 1. The molecule has 44 heteroatoms. The summed E-state index contributed by atoms with van der Waals surface area (Å²) in [6.45, 7) is -1.29. The van der Waals surface area contributed by atoms with Crippen molar-refractivity contribution in [3.8, 4) is 0 Å². The molecule has 0 aromatic rings. The molecule has 0 amide bonds. The number of aliphatic carboxylic acids is 1. The summed E-state index contributed by atoms with van der Waals surface area (Å²) >= 11 is 0. The minimum atomic E-state index is -2.92. The molecule has 0 spiro atoms. The van der Waals surface area contributed by atoms with Gasteiger partial charge in [-0.1, -0.05) is 27.7 Å². The Morgan fingerprint density at radius 2 is 0.755 bits per heavy atom. The van der Waals surface area contributed by atoms with Gasteiger partial charge in [-0.2, -0.15) is 0 Å². The van der Waals surface area contributed by atoms with E-state index in [1.54, 1.807) is 13.8 Å². The summed E-state index contributed by atoms with van der Waals surface area (Å²) in [5, 5.41) is 274. The van der Waals surface area contributed by atoms with Crippen LogP contribution in [0.2, 0.25) is 0 Å². The van der Waals surface area contributed by atoms with Crippen molar-refractivity contribution in [2.24, 2.45) is 29.4 Å². The van der Waals surface area contributed by atoms with Crippen LogP contribution in [0.4, 0.5) is 0 Å². The van der Waals surface area contributed by atoms with Crippen LogP contribution in [0.25, 0.3) is 0 Å². The van der Waals surface area contributed by atoms with Crippen LogP contribution in [0.5, 0.6) is 0 Å². The number of nitrogens with two attached hydrogens (primary N) is 1. The first-order valence-electron chi connectivity index (χ1n) is 35.0. The average Bonchev–Trinajstić information content (AvgIpc) is 0.776. The summed E-state index contributed by atoms with van der Waals surface area (Å²) in [6.07, 6.45) is -74.2. The monoisotopic (exact) mass is 1550 g/mol. The zero-order valence-corrected chi connectivity index (χ0v) is 58.2. The van der Waals surface area contributed by atoms with Gasteiger partial charge in [0.25, 0.3) is 5.79 Å². The van der Waals surface area contributed by atoms with Crippen molar-refractivity contribution in [3.63, 3.8) is 0 Å². The van der Waals surface area contributed by atoms with Crippen LogP contribution >= 0.6 is 0 Å². The Labute approximate surface area is 604 Å². The molecule has 9 rings (SSSR count). The third-order valence-electron chi connectivity index (χ3n) is 21.5. The van der Waals surface area contributed by atoms with E-state index in [9.17, 15) is 132 Å². The summed E-state index contributed by atoms with van der Waals surface area (Å²) in [5.41, 5.74) is 5.95. The molecule has 46 atom stereocenters. The Balaban J connectivity index is 0.951. The molecular formula is C62H107NO43. The van der Waals surface area contributed by atoms with Gasteiger partial charge in [0.15, 0.2) is 44.0 Å². The molecule has 20 unspecified atom stereocenters. The quantitative estimate of drug-likeness (QED) is 0.0346. The first-order valence-corrected chi connectivity index (χ1v) is 35.0. The van der Waals surface area contributed by atoms with Gasteiger partial charge in [0, 0.05) is 30.1 Å². The van der Waals surface area contributed by atoms with E-state index in [0.29, 0.717) is 0 Å². The molecule has 0 aliphatic carbocycles. The molecule has 106 heavy (non-hydrogen) atoms. The highest BCUT2D eigenvalue weighted by Gasteiger charge is 2.61. The van der Waals surface area contributed by atoms with Crippen molar-refractivity contribution >= 4 is 5.97 Å². The lowest BCUT2D eigenvalue weighted by Crippen LogP contribution is -2.68. The third kappa shape index (κ3) is 18.1. The maximum absolute atomic E-state index is 12.7. The molecule has 9 aliphatic heterocycles. The molecule has 0 bridgehead atoms. The van der Waals surface area contributed by atoms with Crippen molar-refractivity contribution in [1.29, 1.82) is 0 Å². The maximum atomic E-state index is 12.7. The van der Waals surface area contributed by atoms with Crippen molar-refractivity contribution in [2.45, 2.75) is 298 Å². The van der Waals surface area contributed by atoms with Crippen LogP contribution in [-0.2, 0) is 85.3 Å². The molecule has 0 saturated carbocycles. The topological polar surface area (TPSA) is 706 Å². The van der Waals surface area contributed by atoms with Crippen LogP contribution in [-0.4, -0.2) is 450 Å². The Morgan fingerprint density at radius 3 is 1.24 bits per heavy atom. The van der Waals surface area contributed by atoms with Gasteiger partial charge < -0.3 is 214 Å². The van der Waals surface area contributed by atoms with E-state index in [1.807, 2.05) is 0 Å².